The Kier molecular flexibility index (Phi) is 6.88. The quantitative estimate of drug-likeness (QED) is 0.805. The minimum Gasteiger partial charge on any atom is -0.396 e. The first-order valence-corrected chi connectivity index (χ1v) is 11.9. The fourth-order valence-electron chi connectivity index (χ4n) is 5.42. The van der Waals surface area contributed by atoms with E-state index >= 15 is 0 Å². The number of aliphatic hydroxyl groups is 1. The molecule has 0 radical (unpaired) electrons. The lowest BCUT2D eigenvalue weighted by atomic mass is 9.98. The number of hydrogen-bond donors (Lipinski definition) is 1. The van der Waals surface area contributed by atoms with Crippen LogP contribution in [0.3, 0.4) is 0 Å². The van der Waals surface area contributed by atoms with Crippen molar-refractivity contribution in [1.82, 2.24) is 14.7 Å². The second-order valence-corrected chi connectivity index (χ2v) is 10.2. The summed E-state index contributed by atoms with van der Waals surface area (Å²) in [5.74, 6) is 0.840. The molecule has 27 heavy (non-hydrogen) atoms. The zero-order valence-electron chi connectivity index (χ0n) is 17.0. The molecule has 0 aromatic carbocycles. The van der Waals surface area contributed by atoms with E-state index in [0.29, 0.717) is 12.6 Å². The molecule has 1 aliphatic carbocycles. The molecule has 152 valence electrons. The van der Waals surface area contributed by atoms with Gasteiger partial charge in [-0.1, -0.05) is 12.8 Å². The Morgan fingerprint density at radius 2 is 1.81 bits per heavy atom. The number of aliphatic hydroxyl groups excluding tert-OH is 1. The second kappa shape index (κ2) is 9.36. The summed E-state index contributed by atoms with van der Waals surface area (Å²) in [6.07, 6.45) is 9.11. The number of likely N-dealkylation sites (tertiary alicyclic amines) is 1. The van der Waals surface area contributed by atoms with Crippen molar-refractivity contribution < 1.29 is 5.11 Å². The van der Waals surface area contributed by atoms with Gasteiger partial charge in [0.25, 0.3) is 0 Å². The summed E-state index contributed by atoms with van der Waals surface area (Å²) < 4.78 is 0. The first-order valence-electron chi connectivity index (χ1n) is 11.1. The lowest BCUT2D eigenvalue weighted by Crippen LogP contribution is -2.58. The summed E-state index contributed by atoms with van der Waals surface area (Å²) >= 11 is 2.06. The van der Waals surface area contributed by atoms with Crippen molar-refractivity contribution in [3.05, 3.63) is 21.9 Å². The molecule has 5 heteroatoms. The molecule has 3 fully saturated rings. The molecule has 1 aromatic rings. The summed E-state index contributed by atoms with van der Waals surface area (Å²) in [6, 6.07) is 6.01. The van der Waals surface area contributed by atoms with Crippen LogP contribution in [0.15, 0.2) is 12.1 Å². The molecule has 1 N–H and O–H groups in total. The molecule has 2 saturated heterocycles. The van der Waals surface area contributed by atoms with Crippen LogP contribution in [-0.2, 0) is 6.54 Å². The van der Waals surface area contributed by atoms with Gasteiger partial charge in [-0.15, -0.1) is 11.3 Å². The maximum Gasteiger partial charge on any atom is 0.0446 e. The molecule has 1 atom stereocenters. The number of nitrogens with zero attached hydrogens (tertiary/aromatic N) is 3. The van der Waals surface area contributed by atoms with Gasteiger partial charge in [-0.25, -0.2) is 0 Å². The Morgan fingerprint density at radius 1 is 1.04 bits per heavy atom. The van der Waals surface area contributed by atoms with Crippen LogP contribution < -0.4 is 0 Å². The molecule has 0 bridgehead atoms. The summed E-state index contributed by atoms with van der Waals surface area (Å²) in [4.78, 5) is 11.0. The molecular formula is C22H37N3OS. The van der Waals surface area contributed by atoms with Crippen molar-refractivity contribution in [2.45, 2.75) is 69.5 Å². The minimum absolute atomic E-state index is 0.312. The predicted molar refractivity (Wildman–Crippen MR) is 114 cm³/mol. The molecule has 3 aliphatic rings. The van der Waals surface area contributed by atoms with Crippen LogP contribution in [0, 0.1) is 0 Å². The smallest absolute Gasteiger partial charge is 0.0446 e. The molecule has 4 nitrogen and oxygen atoms in total. The van der Waals surface area contributed by atoms with E-state index in [1.54, 1.807) is 4.88 Å². The van der Waals surface area contributed by atoms with Gasteiger partial charge in [-0.3, -0.25) is 9.80 Å². The van der Waals surface area contributed by atoms with Crippen molar-refractivity contribution >= 4 is 11.3 Å². The molecule has 4 rings (SSSR count). The van der Waals surface area contributed by atoms with Crippen molar-refractivity contribution in [2.75, 3.05) is 46.4 Å². The van der Waals surface area contributed by atoms with Gasteiger partial charge in [0.05, 0.1) is 0 Å². The molecule has 1 aromatic heterocycles. The van der Waals surface area contributed by atoms with Crippen molar-refractivity contribution in [3.63, 3.8) is 0 Å². The van der Waals surface area contributed by atoms with E-state index in [1.807, 2.05) is 0 Å². The molecule has 1 saturated carbocycles. The van der Waals surface area contributed by atoms with E-state index in [-0.39, 0.29) is 0 Å². The number of piperidine rings is 1. The van der Waals surface area contributed by atoms with Gasteiger partial charge < -0.3 is 10.0 Å². The van der Waals surface area contributed by atoms with Gasteiger partial charge in [0.15, 0.2) is 0 Å². The highest BCUT2D eigenvalue weighted by molar-refractivity contribution is 7.12. The lowest BCUT2D eigenvalue weighted by Gasteiger charge is -2.47. The van der Waals surface area contributed by atoms with Crippen LogP contribution in [0.2, 0.25) is 0 Å². The summed E-state index contributed by atoms with van der Waals surface area (Å²) in [6.45, 7) is 7.30. The normalized spacial score (nSPS) is 27.6. The SMILES string of the molecule is CN1CCC(N2CCN(Cc3ccc(C4CCCC4)s3)C[C@H]2CCO)CC1. The van der Waals surface area contributed by atoms with E-state index in [2.05, 4.69) is 45.2 Å². The predicted octanol–water partition coefficient (Wildman–Crippen LogP) is 3.37. The Bertz CT molecular complexity index is 578. The number of rotatable bonds is 6. The number of piperazine rings is 1. The largest absolute Gasteiger partial charge is 0.396 e. The first-order chi connectivity index (χ1) is 13.2. The topological polar surface area (TPSA) is 30.0 Å². The molecule has 3 heterocycles. The standard InChI is InChI=1S/C22H37N3OS/c1-23-11-8-19(9-12-23)25-14-13-24(16-20(25)10-15-26)17-21-6-7-22(27-21)18-4-2-3-5-18/h6-7,18-20,26H,2-5,8-17H2,1H3/t20-/m1/s1. The first kappa shape index (κ1) is 19.8. The Labute approximate surface area is 169 Å². The zero-order valence-corrected chi connectivity index (χ0v) is 17.8. The maximum absolute atomic E-state index is 9.63. The number of thiophene rings is 1. The maximum atomic E-state index is 9.63. The zero-order chi connectivity index (χ0) is 18.6. The molecule has 0 unspecified atom stereocenters. The van der Waals surface area contributed by atoms with Crippen LogP contribution in [0.4, 0.5) is 0 Å². The highest BCUT2D eigenvalue weighted by Gasteiger charge is 2.33. The fraction of sp³-hybridized carbons (Fsp3) is 0.818. The highest BCUT2D eigenvalue weighted by Crippen LogP contribution is 2.38. The van der Waals surface area contributed by atoms with Crippen LogP contribution >= 0.6 is 11.3 Å². The van der Waals surface area contributed by atoms with E-state index < -0.39 is 0 Å². The average molecular weight is 392 g/mol. The Morgan fingerprint density at radius 3 is 2.56 bits per heavy atom. The third kappa shape index (κ3) is 4.94. The average Bonchev–Trinajstić information content (AvgIpc) is 3.35. The van der Waals surface area contributed by atoms with E-state index in [0.717, 1.165) is 31.5 Å². The van der Waals surface area contributed by atoms with Gasteiger partial charge >= 0.3 is 0 Å². The third-order valence-electron chi connectivity index (χ3n) is 7.05. The molecular weight excluding hydrogens is 354 g/mol. The molecule has 0 amide bonds. The minimum atomic E-state index is 0.312. The monoisotopic (exact) mass is 391 g/mol. The van der Waals surface area contributed by atoms with Crippen molar-refractivity contribution in [1.29, 1.82) is 0 Å². The van der Waals surface area contributed by atoms with Gasteiger partial charge in [0.1, 0.15) is 0 Å². The Hall–Kier alpha value is -0.460. The Balaban J connectivity index is 1.34. The summed E-state index contributed by atoms with van der Waals surface area (Å²) in [5, 5.41) is 9.63. The molecule has 2 aliphatic heterocycles. The van der Waals surface area contributed by atoms with Crippen molar-refractivity contribution in [3.8, 4) is 0 Å². The van der Waals surface area contributed by atoms with Gasteiger partial charge in [0.2, 0.25) is 0 Å². The van der Waals surface area contributed by atoms with Crippen LogP contribution in [0.25, 0.3) is 0 Å². The van der Waals surface area contributed by atoms with E-state index in [9.17, 15) is 5.11 Å². The van der Waals surface area contributed by atoms with E-state index in [1.165, 1.54) is 69.6 Å². The van der Waals surface area contributed by atoms with Gasteiger partial charge in [-0.05, 0) is 70.3 Å². The van der Waals surface area contributed by atoms with Crippen LogP contribution in [0.1, 0.15) is 60.6 Å². The third-order valence-corrected chi connectivity index (χ3v) is 8.28. The lowest BCUT2D eigenvalue weighted by molar-refractivity contribution is 0.00629. The van der Waals surface area contributed by atoms with E-state index in [4.69, 9.17) is 0 Å². The molecule has 0 spiro atoms. The summed E-state index contributed by atoms with van der Waals surface area (Å²) in [5.41, 5.74) is 0. The van der Waals surface area contributed by atoms with Crippen LogP contribution in [-0.4, -0.2) is 78.3 Å². The number of hydrogen-bond acceptors (Lipinski definition) is 5. The van der Waals surface area contributed by atoms with Crippen molar-refractivity contribution in [2.24, 2.45) is 0 Å². The fourth-order valence-corrected chi connectivity index (χ4v) is 6.64. The summed E-state index contributed by atoms with van der Waals surface area (Å²) in [7, 11) is 2.24. The second-order valence-electron chi connectivity index (χ2n) is 8.96. The highest BCUT2D eigenvalue weighted by atomic mass is 32.1. The van der Waals surface area contributed by atoms with Gasteiger partial charge in [0, 0.05) is 54.6 Å². The van der Waals surface area contributed by atoms with Crippen LogP contribution in [0.5, 0.6) is 0 Å². The van der Waals surface area contributed by atoms with Gasteiger partial charge in [-0.2, -0.15) is 0 Å².